The summed E-state index contributed by atoms with van der Waals surface area (Å²) in [5.41, 5.74) is 0. The third-order valence-electron chi connectivity index (χ3n) is 3.84. The summed E-state index contributed by atoms with van der Waals surface area (Å²) < 4.78 is 5.56. The number of hydrogen-bond acceptors (Lipinski definition) is 5. The van der Waals surface area contributed by atoms with Crippen molar-refractivity contribution in [2.45, 2.75) is 0 Å². The number of amides is 2. The zero-order valence-electron chi connectivity index (χ0n) is 13.8. The summed E-state index contributed by atoms with van der Waals surface area (Å²) in [6, 6.07) is 8.90. The minimum atomic E-state index is -0.0803. The van der Waals surface area contributed by atoms with Crippen molar-refractivity contribution in [3.63, 3.8) is 0 Å². The van der Waals surface area contributed by atoms with Crippen molar-refractivity contribution in [2.75, 3.05) is 44.2 Å². The van der Waals surface area contributed by atoms with E-state index in [0.717, 1.165) is 13.1 Å². The first-order valence-corrected chi connectivity index (χ1v) is 8.53. The Morgan fingerprint density at radius 3 is 2.64 bits per heavy atom. The van der Waals surface area contributed by atoms with Crippen LogP contribution in [0.1, 0.15) is 0 Å². The van der Waals surface area contributed by atoms with Gasteiger partial charge in [-0.3, -0.25) is 0 Å². The van der Waals surface area contributed by atoms with E-state index in [-0.39, 0.29) is 6.03 Å². The molecular weight excluding hydrogens is 342 g/mol. The van der Waals surface area contributed by atoms with Crippen molar-refractivity contribution >= 4 is 23.6 Å². The minimum Gasteiger partial charge on any atom is -0.492 e. The lowest BCUT2D eigenvalue weighted by atomic mass is 10.3. The molecule has 0 saturated carbocycles. The predicted molar refractivity (Wildman–Crippen MR) is 96.2 cm³/mol. The van der Waals surface area contributed by atoms with Gasteiger partial charge < -0.3 is 19.9 Å². The van der Waals surface area contributed by atoms with Crippen LogP contribution in [0.3, 0.4) is 0 Å². The molecule has 1 aliphatic rings. The Labute approximate surface area is 151 Å². The maximum absolute atomic E-state index is 12.2. The van der Waals surface area contributed by atoms with Gasteiger partial charge in [0.05, 0.1) is 6.54 Å². The molecule has 2 heterocycles. The van der Waals surface area contributed by atoms with Gasteiger partial charge in [-0.15, -0.1) is 0 Å². The van der Waals surface area contributed by atoms with Gasteiger partial charge in [-0.25, -0.2) is 14.8 Å². The molecule has 1 aliphatic heterocycles. The standard InChI is InChI=1S/C17H20ClN5O2/c18-14-3-1-4-15(13-14)25-12-7-21-17(24)23-10-8-22(9-11-23)16-19-5-2-6-20-16/h1-6,13H,7-12H2,(H,21,24). The second kappa shape index (κ2) is 8.53. The monoisotopic (exact) mass is 361 g/mol. The molecule has 0 bridgehead atoms. The summed E-state index contributed by atoms with van der Waals surface area (Å²) in [5, 5.41) is 3.50. The summed E-state index contributed by atoms with van der Waals surface area (Å²) >= 11 is 5.90. The maximum atomic E-state index is 12.2. The summed E-state index contributed by atoms with van der Waals surface area (Å²) in [6.45, 7) is 3.54. The smallest absolute Gasteiger partial charge is 0.317 e. The summed E-state index contributed by atoms with van der Waals surface area (Å²) in [7, 11) is 0. The lowest BCUT2D eigenvalue weighted by molar-refractivity contribution is 0.191. The third kappa shape index (κ3) is 4.96. The lowest BCUT2D eigenvalue weighted by Crippen LogP contribution is -2.52. The largest absolute Gasteiger partial charge is 0.492 e. The molecule has 0 radical (unpaired) electrons. The van der Waals surface area contributed by atoms with Gasteiger partial charge in [-0.1, -0.05) is 17.7 Å². The van der Waals surface area contributed by atoms with E-state index in [1.165, 1.54) is 0 Å². The molecule has 1 aromatic carbocycles. The first-order chi connectivity index (χ1) is 12.2. The zero-order valence-corrected chi connectivity index (χ0v) is 14.5. The highest BCUT2D eigenvalue weighted by Gasteiger charge is 2.22. The van der Waals surface area contributed by atoms with Crippen molar-refractivity contribution in [1.82, 2.24) is 20.2 Å². The van der Waals surface area contributed by atoms with Crippen molar-refractivity contribution in [1.29, 1.82) is 0 Å². The van der Waals surface area contributed by atoms with Crippen molar-refractivity contribution in [3.05, 3.63) is 47.7 Å². The number of ether oxygens (including phenoxy) is 1. The molecule has 3 rings (SSSR count). The second-order valence-electron chi connectivity index (χ2n) is 5.56. The molecule has 2 amide bonds. The van der Waals surface area contributed by atoms with Crippen LogP contribution in [0.4, 0.5) is 10.7 Å². The Balaban J connectivity index is 1.37. The summed E-state index contributed by atoms with van der Waals surface area (Å²) in [6.07, 6.45) is 3.45. The van der Waals surface area contributed by atoms with Gasteiger partial charge in [0.2, 0.25) is 5.95 Å². The van der Waals surface area contributed by atoms with Crippen LogP contribution < -0.4 is 15.0 Å². The number of carbonyl (C=O) groups is 1. The number of piperazine rings is 1. The predicted octanol–water partition coefficient (Wildman–Crippen LogP) is 2.04. The Bertz CT molecular complexity index is 692. The van der Waals surface area contributed by atoms with Gasteiger partial charge >= 0.3 is 6.03 Å². The topological polar surface area (TPSA) is 70.6 Å². The molecular formula is C17H20ClN5O2. The molecule has 8 heteroatoms. The van der Waals surface area contributed by atoms with Gasteiger partial charge in [-0.2, -0.15) is 0 Å². The van der Waals surface area contributed by atoms with E-state index in [1.807, 2.05) is 12.1 Å². The number of nitrogens with zero attached hydrogens (tertiary/aromatic N) is 4. The number of aromatic nitrogens is 2. The van der Waals surface area contributed by atoms with Crippen LogP contribution in [0, 0.1) is 0 Å². The number of nitrogens with one attached hydrogen (secondary N) is 1. The van der Waals surface area contributed by atoms with E-state index in [0.29, 0.717) is 43.0 Å². The fourth-order valence-corrected chi connectivity index (χ4v) is 2.74. The molecule has 7 nitrogen and oxygen atoms in total. The highest BCUT2D eigenvalue weighted by Crippen LogP contribution is 2.16. The fraction of sp³-hybridized carbons (Fsp3) is 0.353. The van der Waals surface area contributed by atoms with Crippen LogP contribution in [-0.4, -0.2) is 60.2 Å². The fourth-order valence-electron chi connectivity index (χ4n) is 2.56. The molecule has 1 saturated heterocycles. The lowest BCUT2D eigenvalue weighted by Gasteiger charge is -2.34. The average molecular weight is 362 g/mol. The molecule has 0 spiro atoms. The highest BCUT2D eigenvalue weighted by molar-refractivity contribution is 6.30. The number of rotatable bonds is 5. The molecule has 1 fully saturated rings. The van der Waals surface area contributed by atoms with Crippen molar-refractivity contribution in [2.24, 2.45) is 0 Å². The molecule has 25 heavy (non-hydrogen) atoms. The zero-order chi connectivity index (χ0) is 17.5. The van der Waals surface area contributed by atoms with Crippen LogP contribution in [-0.2, 0) is 0 Å². The van der Waals surface area contributed by atoms with Crippen molar-refractivity contribution in [3.8, 4) is 5.75 Å². The van der Waals surface area contributed by atoms with E-state index >= 15 is 0 Å². The number of halogens is 1. The molecule has 0 aliphatic carbocycles. The van der Waals surface area contributed by atoms with E-state index < -0.39 is 0 Å². The van der Waals surface area contributed by atoms with Gasteiger partial charge in [0.1, 0.15) is 12.4 Å². The van der Waals surface area contributed by atoms with Crippen LogP contribution in [0.25, 0.3) is 0 Å². The number of hydrogen-bond donors (Lipinski definition) is 1. The van der Waals surface area contributed by atoms with Crippen LogP contribution in [0.2, 0.25) is 5.02 Å². The third-order valence-corrected chi connectivity index (χ3v) is 4.08. The first-order valence-electron chi connectivity index (χ1n) is 8.15. The number of benzene rings is 1. The Hall–Kier alpha value is -2.54. The Morgan fingerprint density at radius 2 is 1.92 bits per heavy atom. The summed E-state index contributed by atoms with van der Waals surface area (Å²) in [4.78, 5) is 24.5. The molecule has 2 aromatic rings. The van der Waals surface area contributed by atoms with Gasteiger partial charge in [-0.05, 0) is 24.3 Å². The number of urea groups is 1. The van der Waals surface area contributed by atoms with Gasteiger partial charge in [0.15, 0.2) is 0 Å². The normalized spacial score (nSPS) is 14.3. The molecule has 0 atom stereocenters. The minimum absolute atomic E-state index is 0.0803. The van der Waals surface area contributed by atoms with E-state index in [1.54, 1.807) is 35.5 Å². The number of anilines is 1. The van der Waals surface area contributed by atoms with E-state index in [4.69, 9.17) is 16.3 Å². The first kappa shape index (κ1) is 17.3. The second-order valence-corrected chi connectivity index (χ2v) is 6.00. The Kier molecular flexibility index (Phi) is 5.90. The summed E-state index contributed by atoms with van der Waals surface area (Å²) in [5.74, 6) is 1.40. The molecule has 1 aromatic heterocycles. The van der Waals surface area contributed by atoms with Gasteiger partial charge in [0, 0.05) is 43.6 Å². The molecule has 132 valence electrons. The Morgan fingerprint density at radius 1 is 1.16 bits per heavy atom. The SMILES string of the molecule is O=C(NCCOc1cccc(Cl)c1)N1CCN(c2ncccn2)CC1. The highest BCUT2D eigenvalue weighted by atomic mass is 35.5. The molecule has 1 N–H and O–H groups in total. The van der Waals surface area contributed by atoms with Crippen LogP contribution >= 0.6 is 11.6 Å². The van der Waals surface area contributed by atoms with Gasteiger partial charge in [0.25, 0.3) is 0 Å². The van der Waals surface area contributed by atoms with Crippen LogP contribution in [0.15, 0.2) is 42.7 Å². The van der Waals surface area contributed by atoms with E-state index in [2.05, 4.69) is 20.2 Å². The molecule has 0 unspecified atom stereocenters. The van der Waals surface area contributed by atoms with E-state index in [9.17, 15) is 4.79 Å². The maximum Gasteiger partial charge on any atom is 0.317 e. The van der Waals surface area contributed by atoms with Crippen molar-refractivity contribution < 1.29 is 9.53 Å². The number of carbonyl (C=O) groups excluding carboxylic acids is 1. The average Bonchev–Trinajstić information content (AvgIpc) is 2.66. The quantitative estimate of drug-likeness (QED) is 0.825. The van der Waals surface area contributed by atoms with Crippen LogP contribution in [0.5, 0.6) is 5.75 Å².